The fourth-order valence-electron chi connectivity index (χ4n) is 4.39. The zero-order valence-corrected chi connectivity index (χ0v) is 22.2. The van der Waals surface area contributed by atoms with Crippen LogP contribution in [0.5, 0.6) is 5.75 Å². The second-order valence-corrected chi connectivity index (χ2v) is 16.1. The van der Waals surface area contributed by atoms with Crippen molar-refractivity contribution in [2.24, 2.45) is 0 Å². The van der Waals surface area contributed by atoms with Crippen LogP contribution in [0.2, 0.25) is 19.6 Å². The van der Waals surface area contributed by atoms with Crippen molar-refractivity contribution in [3.05, 3.63) is 53.1 Å². The van der Waals surface area contributed by atoms with Crippen molar-refractivity contribution < 1.29 is 19.1 Å². The van der Waals surface area contributed by atoms with Crippen molar-refractivity contribution in [3.8, 4) is 5.75 Å². The Morgan fingerprint density at radius 3 is 2.30 bits per heavy atom. The molecule has 1 aliphatic heterocycles. The van der Waals surface area contributed by atoms with E-state index < -0.39 is 13.7 Å². The summed E-state index contributed by atoms with van der Waals surface area (Å²) in [6.45, 7) is 15.1. The molecule has 0 saturated heterocycles. The largest absolute Gasteiger partial charge is 0.497 e. The van der Waals surface area contributed by atoms with E-state index in [2.05, 4.69) is 38.7 Å². The Bertz CT molecular complexity index is 1030. The molecule has 0 N–H and O–H groups in total. The van der Waals surface area contributed by atoms with Gasteiger partial charge in [0.25, 0.3) is 0 Å². The van der Waals surface area contributed by atoms with Gasteiger partial charge in [-0.05, 0) is 56.1 Å². The molecule has 0 bridgehead atoms. The molecule has 3 rings (SSSR count). The summed E-state index contributed by atoms with van der Waals surface area (Å²) >= 11 is 0. The molecule has 0 spiro atoms. The summed E-state index contributed by atoms with van der Waals surface area (Å²) in [6.07, 6.45) is 0.512. The summed E-state index contributed by atoms with van der Waals surface area (Å²) in [5.74, 6) is 0.408. The Kier molecular flexibility index (Phi) is 7.08. The van der Waals surface area contributed by atoms with Gasteiger partial charge >= 0.3 is 5.97 Å². The van der Waals surface area contributed by atoms with Crippen LogP contribution >= 0.6 is 0 Å². The Balaban J connectivity index is 2.06. The molecule has 1 heterocycles. The van der Waals surface area contributed by atoms with Crippen LogP contribution in [0.4, 0.5) is 5.69 Å². The molecule has 178 valence electrons. The first-order valence-corrected chi connectivity index (χ1v) is 15.1. The number of benzene rings is 2. The summed E-state index contributed by atoms with van der Waals surface area (Å²) in [5, 5.41) is 1.26. The minimum atomic E-state index is -1.79. The number of carbonyl (C=O) groups is 2. The molecule has 1 atom stereocenters. The van der Waals surface area contributed by atoms with E-state index in [0.717, 1.165) is 22.6 Å². The molecule has 0 aliphatic carbocycles. The van der Waals surface area contributed by atoms with Crippen LogP contribution < -0.4 is 14.8 Å². The van der Waals surface area contributed by atoms with Crippen molar-refractivity contribution in [1.82, 2.24) is 0 Å². The Morgan fingerprint density at radius 1 is 1.12 bits per heavy atom. The lowest BCUT2D eigenvalue weighted by Crippen LogP contribution is -2.47. The normalized spacial score (nSPS) is 16.4. The van der Waals surface area contributed by atoms with Crippen LogP contribution in [0.1, 0.15) is 56.2 Å². The molecular formula is C27H37NO4Si. The summed E-state index contributed by atoms with van der Waals surface area (Å²) in [5.41, 5.74) is 3.75. The Labute approximate surface area is 199 Å². The van der Waals surface area contributed by atoms with Crippen LogP contribution in [0.25, 0.3) is 0 Å². The fourth-order valence-corrected chi connectivity index (χ4v) is 6.04. The maximum atomic E-state index is 13.5. The third kappa shape index (κ3) is 6.05. The van der Waals surface area contributed by atoms with Gasteiger partial charge < -0.3 is 14.4 Å². The molecule has 0 saturated carbocycles. The fraction of sp³-hybridized carbons (Fsp3) is 0.481. The number of amides is 1. The number of hydrogen-bond acceptors (Lipinski definition) is 4. The third-order valence-electron chi connectivity index (χ3n) is 5.86. The first kappa shape index (κ1) is 25.0. The standard InChI is InChI=1S/C27H37NO4Si/c1-18-13-22-20(16-25(30)32-27(2,3)4)15-24(29)28(26(22)23(14-18)33(6,7)8)17-19-9-11-21(31-5)12-10-19/h9-14,20H,15-17H2,1-8H3/t20-/m0/s1. The molecule has 1 aliphatic rings. The lowest BCUT2D eigenvalue weighted by atomic mass is 9.85. The third-order valence-corrected chi connectivity index (χ3v) is 7.85. The van der Waals surface area contributed by atoms with Crippen LogP contribution in [0.3, 0.4) is 0 Å². The van der Waals surface area contributed by atoms with Gasteiger partial charge in [0, 0.05) is 18.0 Å². The number of ether oxygens (including phenoxy) is 2. The van der Waals surface area contributed by atoms with Gasteiger partial charge in [-0.1, -0.05) is 49.5 Å². The van der Waals surface area contributed by atoms with E-state index in [0.29, 0.717) is 13.0 Å². The van der Waals surface area contributed by atoms with E-state index in [9.17, 15) is 9.59 Å². The number of nitrogens with zero attached hydrogens (tertiary/aromatic N) is 1. The van der Waals surface area contributed by atoms with E-state index >= 15 is 0 Å². The van der Waals surface area contributed by atoms with E-state index in [1.807, 2.05) is 49.9 Å². The summed E-state index contributed by atoms with van der Waals surface area (Å²) < 4.78 is 10.9. The Morgan fingerprint density at radius 2 is 1.76 bits per heavy atom. The second-order valence-electron chi connectivity index (χ2n) is 11.0. The number of aryl methyl sites for hydroxylation is 1. The highest BCUT2D eigenvalue weighted by atomic mass is 28.3. The second kappa shape index (κ2) is 9.33. The number of anilines is 1. The number of hydrogen-bond donors (Lipinski definition) is 0. The zero-order chi connectivity index (χ0) is 24.6. The number of rotatable bonds is 6. The van der Waals surface area contributed by atoms with Gasteiger partial charge in [0.1, 0.15) is 11.4 Å². The summed E-state index contributed by atoms with van der Waals surface area (Å²) in [7, 11) is -0.140. The lowest BCUT2D eigenvalue weighted by molar-refractivity contribution is -0.155. The monoisotopic (exact) mass is 467 g/mol. The molecule has 0 radical (unpaired) electrons. The first-order chi connectivity index (χ1) is 15.3. The SMILES string of the molecule is COc1ccc(CN2C(=O)C[C@@H](CC(=O)OC(C)(C)C)c3cc(C)cc([Si](C)(C)C)c32)cc1. The number of fused-ring (bicyclic) bond motifs is 1. The average molecular weight is 468 g/mol. The maximum absolute atomic E-state index is 13.5. The molecule has 0 aromatic heterocycles. The number of carbonyl (C=O) groups excluding carboxylic acids is 2. The molecule has 2 aromatic rings. The van der Waals surface area contributed by atoms with Crippen molar-refractivity contribution in [2.75, 3.05) is 12.0 Å². The van der Waals surface area contributed by atoms with E-state index in [1.54, 1.807) is 7.11 Å². The van der Waals surface area contributed by atoms with Gasteiger partial charge in [-0.25, -0.2) is 0 Å². The van der Waals surface area contributed by atoms with Crippen LogP contribution in [-0.2, 0) is 20.9 Å². The maximum Gasteiger partial charge on any atom is 0.306 e. The van der Waals surface area contributed by atoms with Gasteiger partial charge in [0.05, 0.1) is 28.1 Å². The van der Waals surface area contributed by atoms with E-state index in [4.69, 9.17) is 9.47 Å². The molecule has 5 nitrogen and oxygen atoms in total. The van der Waals surface area contributed by atoms with Gasteiger partial charge in [-0.15, -0.1) is 0 Å². The number of esters is 1. The smallest absolute Gasteiger partial charge is 0.306 e. The minimum absolute atomic E-state index is 0.0511. The highest BCUT2D eigenvalue weighted by Crippen LogP contribution is 2.40. The van der Waals surface area contributed by atoms with Crippen LogP contribution in [0, 0.1) is 6.92 Å². The highest BCUT2D eigenvalue weighted by Gasteiger charge is 2.37. The molecule has 33 heavy (non-hydrogen) atoms. The van der Waals surface area contributed by atoms with Crippen molar-refractivity contribution >= 4 is 30.8 Å². The Hall–Kier alpha value is -2.60. The molecule has 6 heteroatoms. The first-order valence-electron chi connectivity index (χ1n) is 11.6. The van der Waals surface area contributed by atoms with Crippen molar-refractivity contribution in [2.45, 2.75) is 78.2 Å². The average Bonchev–Trinajstić information content (AvgIpc) is 2.68. The van der Waals surface area contributed by atoms with Gasteiger partial charge in [-0.2, -0.15) is 0 Å². The predicted octanol–water partition coefficient (Wildman–Crippen LogP) is 5.30. The van der Waals surface area contributed by atoms with Gasteiger partial charge in [0.2, 0.25) is 5.91 Å². The van der Waals surface area contributed by atoms with Gasteiger partial charge in [0.15, 0.2) is 0 Å². The lowest BCUT2D eigenvalue weighted by Gasteiger charge is -2.38. The molecular weight excluding hydrogens is 430 g/mol. The zero-order valence-electron chi connectivity index (χ0n) is 21.2. The topological polar surface area (TPSA) is 55.8 Å². The molecule has 0 fully saturated rings. The summed E-state index contributed by atoms with van der Waals surface area (Å²) in [6, 6.07) is 12.2. The van der Waals surface area contributed by atoms with Crippen LogP contribution in [-0.4, -0.2) is 32.7 Å². The molecule has 0 unspecified atom stereocenters. The quantitative estimate of drug-likeness (QED) is 0.427. The van der Waals surface area contributed by atoms with Gasteiger partial charge in [-0.3, -0.25) is 9.59 Å². The number of methoxy groups -OCH3 is 1. The van der Waals surface area contributed by atoms with E-state index in [1.165, 1.54) is 10.8 Å². The van der Waals surface area contributed by atoms with Crippen molar-refractivity contribution in [1.29, 1.82) is 0 Å². The predicted molar refractivity (Wildman–Crippen MR) is 136 cm³/mol. The molecule has 2 aromatic carbocycles. The highest BCUT2D eigenvalue weighted by molar-refractivity contribution is 6.90. The van der Waals surface area contributed by atoms with Crippen LogP contribution in [0.15, 0.2) is 36.4 Å². The summed E-state index contributed by atoms with van der Waals surface area (Å²) in [4.78, 5) is 28.1. The minimum Gasteiger partial charge on any atom is -0.497 e. The molecule has 1 amide bonds. The van der Waals surface area contributed by atoms with E-state index in [-0.39, 0.29) is 24.2 Å². The van der Waals surface area contributed by atoms with Crippen molar-refractivity contribution in [3.63, 3.8) is 0 Å².